The second kappa shape index (κ2) is 12.8. The van der Waals surface area contributed by atoms with E-state index in [1.54, 1.807) is 0 Å². The van der Waals surface area contributed by atoms with Crippen LogP contribution in [0.1, 0.15) is 5.56 Å². The third-order valence-corrected chi connectivity index (χ3v) is 10.2. The van der Waals surface area contributed by atoms with Gasteiger partial charge < -0.3 is 9.52 Å². The van der Waals surface area contributed by atoms with Crippen molar-refractivity contribution in [2.24, 2.45) is 0 Å². The molecule has 0 amide bonds. The highest BCUT2D eigenvalue weighted by Crippen LogP contribution is 2.44. The lowest BCUT2D eigenvalue weighted by Gasteiger charge is -2.14. The molecule has 54 heavy (non-hydrogen) atoms. The number of imidazole rings is 1. The lowest BCUT2D eigenvalue weighted by atomic mass is 9.94. The Morgan fingerprint density at radius 3 is 2.00 bits per heavy atom. The Hall–Kier alpha value is -7.24. The summed E-state index contributed by atoms with van der Waals surface area (Å²) in [5.74, 6) is 0.187. The number of nitrogens with zero attached hydrogens (tertiary/aromatic N) is 3. The molecular weight excluding hydrogens is 663 g/mol. The van der Waals surface area contributed by atoms with Gasteiger partial charge in [-0.25, -0.2) is 9.97 Å². The van der Waals surface area contributed by atoms with E-state index in [1.807, 2.05) is 91.0 Å². The molecule has 4 aromatic heterocycles. The van der Waals surface area contributed by atoms with E-state index < -0.39 is 0 Å². The first-order chi connectivity index (χ1) is 26.6. The molecule has 0 unspecified atom stereocenters. The lowest BCUT2D eigenvalue weighted by Crippen LogP contribution is -1.94. The molecule has 4 heterocycles. The Morgan fingerprint density at radius 2 is 1.19 bits per heavy atom. The zero-order chi connectivity index (χ0) is 36.2. The molecule has 0 fully saturated rings. The molecule has 0 radical (unpaired) electrons. The summed E-state index contributed by atoms with van der Waals surface area (Å²) < 4.78 is 8.84. The first-order valence-corrected chi connectivity index (χ1v) is 18.0. The zero-order valence-electron chi connectivity index (χ0n) is 29.4. The summed E-state index contributed by atoms with van der Waals surface area (Å²) >= 11 is 0. The fraction of sp³-hybridized carbons (Fsp3) is 0.0204. The topological polar surface area (TPSA) is 63.6 Å². The van der Waals surface area contributed by atoms with E-state index in [0.717, 1.165) is 89.2 Å². The smallest absolute Gasteiger partial charge is 0.144 e. The molecule has 1 N–H and O–H groups in total. The van der Waals surface area contributed by atoms with E-state index in [2.05, 4.69) is 96.4 Å². The number of aromatic hydroxyl groups is 1. The van der Waals surface area contributed by atoms with Crippen molar-refractivity contribution in [3.8, 4) is 73.0 Å². The molecule has 0 bridgehead atoms. The number of hydrogen-bond acceptors (Lipinski definition) is 4. The van der Waals surface area contributed by atoms with Crippen LogP contribution in [0.25, 0.3) is 94.9 Å². The summed E-state index contributed by atoms with van der Waals surface area (Å²) in [6, 6.07) is 57.5. The molecule has 10 rings (SSSR count). The Labute approximate surface area is 312 Å². The van der Waals surface area contributed by atoms with Crippen LogP contribution in [0.5, 0.6) is 5.75 Å². The SMILES string of the molecule is Cc1cccc(-c2cccc(-c3cc(-c4ccccc4)cc(-c4cc(-c5nc6ccccn6c5-c5ccccc5)cc5c4oc4ccccc45)n3)c2O)c1. The summed E-state index contributed by atoms with van der Waals surface area (Å²) in [5, 5.41) is 13.9. The van der Waals surface area contributed by atoms with Gasteiger partial charge in [0.15, 0.2) is 0 Å². The maximum atomic E-state index is 11.9. The van der Waals surface area contributed by atoms with Gasteiger partial charge in [-0.3, -0.25) is 4.40 Å². The van der Waals surface area contributed by atoms with E-state index >= 15 is 0 Å². The van der Waals surface area contributed by atoms with Gasteiger partial charge in [-0.15, -0.1) is 0 Å². The first-order valence-electron chi connectivity index (χ1n) is 18.0. The van der Waals surface area contributed by atoms with Crippen LogP contribution in [0.15, 0.2) is 180 Å². The number of phenols is 1. The van der Waals surface area contributed by atoms with Crippen LogP contribution in [0.2, 0.25) is 0 Å². The summed E-state index contributed by atoms with van der Waals surface area (Å²) in [6.07, 6.45) is 2.06. The van der Waals surface area contributed by atoms with Crippen LogP contribution in [-0.4, -0.2) is 19.5 Å². The molecular formula is C49H33N3O2. The molecule has 6 aromatic carbocycles. The number of pyridine rings is 2. The molecule has 0 aliphatic rings. The standard InChI is InChI=1S/C49H33N3O2/c1-31-14-12-19-34(26-31)37-21-13-22-39(48(37)53)42-29-35(32-15-4-2-5-16-32)30-43(50-42)41-28-36(27-40-38-20-8-9-23-44(38)54-49(40)41)46-47(33-17-6-3-7-18-33)52-25-11-10-24-45(52)51-46/h2-30,53H,1H3. The van der Waals surface area contributed by atoms with Gasteiger partial charge >= 0.3 is 0 Å². The van der Waals surface area contributed by atoms with E-state index in [1.165, 1.54) is 0 Å². The number of aryl methyl sites for hydroxylation is 1. The number of para-hydroxylation sites is 2. The molecule has 0 saturated carbocycles. The molecule has 5 nitrogen and oxygen atoms in total. The van der Waals surface area contributed by atoms with Crippen molar-refractivity contribution in [2.75, 3.05) is 0 Å². The minimum atomic E-state index is 0.187. The van der Waals surface area contributed by atoms with Gasteiger partial charge in [-0.1, -0.05) is 127 Å². The van der Waals surface area contributed by atoms with Crippen LogP contribution in [0.4, 0.5) is 0 Å². The average Bonchev–Trinajstić information content (AvgIpc) is 3.80. The molecule has 10 aromatic rings. The molecule has 0 saturated heterocycles. The summed E-state index contributed by atoms with van der Waals surface area (Å²) in [5.41, 5.74) is 14.0. The van der Waals surface area contributed by atoms with Crippen molar-refractivity contribution in [3.05, 3.63) is 182 Å². The van der Waals surface area contributed by atoms with Crippen LogP contribution in [-0.2, 0) is 0 Å². The van der Waals surface area contributed by atoms with E-state index in [-0.39, 0.29) is 5.75 Å². The quantitative estimate of drug-likeness (QED) is 0.188. The van der Waals surface area contributed by atoms with Gasteiger partial charge in [-0.2, -0.15) is 0 Å². The van der Waals surface area contributed by atoms with Crippen molar-refractivity contribution in [3.63, 3.8) is 0 Å². The molecule has 256 valence electrons. The highest BCUT2D eigenvalue weighted by atomic mass is 16.3. The van der Waals surface area contributed by atoms with Crippen LogP contribution in [0.3, 0.4) is 0 Å². The highest BCUT2D eigenvalue weighted by Gasteiger charge is 2.22. The summed E-state index contributed by atoms with van der Waals surface area (Å²) in [4.78, 5) is 10.6. The van der Waals surface area contributed by atoms with Gasteiger partial charge in [0.05, 0.1) is 22.8 Å². The Morgan fingerprint density at radius 1 is 0.500 bits per heavy atom. The third kappa shape index (κ3) is 5.33. The van der Waals surface area contributed by atoms with Crippen molar-refractivity contribution in [1.29, 1.82) is 0 Å². The molecule has 0 aliphatic carbocycles. The van der Waals surface area contributed by atoms with Crippen molar-refractivity contribution >= 4 is 27.6 Å². The Kier molecular flexibility index (Phi) is 7.44. The van der Waals surface area contributed by atoms with E-state index in [0.29, 0.717) is 11.3 Å². The predicted octanol–water partition coefficient (Wildman–Crippen LogP) is 12.6. The second-order valence-electron chi connectivity index (χ2n) is 13.7. The van der Waals surface area contributed by atoms with Crippen LogP contribution in [0, 0.1) is 6.92 Å². The molecule has 0 spiro atoms. The van der Waals surface area contributed by atoms with Gasteiger partial charge in [0, 0.05) is 44.8 Å². The largest absolute Gasteiger partial charge is 0.507 e. The minimum Gasteiger partial charge on any atom is -0.507 e. The van der Waals surface area contributed by atoms with E-state index in [4.69, 9.17) is 14.4 Å². The van der Waals surface area contributed by atoms with Gasteiger partial charge in [0.1, 0.15) is 22.6 Å². The number of benzene rings is 6. The zero-order valence-corrected chi connectivity index (χ0v) is 29.4. The van der Waals surface area contributed by atoms with Gasteiger partial charge in [-0.05, 0) is 72.1 Å². The van der Waals surface area contributed by atoms with Gasteiger partial charge in [0.2, 0.25) is 0 Å². The van der Waals surface area contributed by atoms with Crippen LogP contribution < -0.4 is 0 Å². The molecule has 5 heteroatoms. The summed E-state index contributed by atoms with van der Waals surface area (Å²) in [7, 11) is 0. The third-order valence-electron chi connectivity index (χ3n) is 10.2. The number of furan rings is 1. The van der Waals surface area contributed by atoms with Crippen molar-refractivity contribution in [2.45, 2.75) is 6.92 Å². The maximum absolute atomic E-state index is 11.9. The average molecular weight is 696 g/mol. The maximum Gasteiger partial charge on any atom is 0.144 e. The van der Waals surface area contributed by atoms with E-state index in [9.17, 15) is 5.11 Å². The highest BCUT2D eigenvalue weighted by molar-refractivity contribution is 6.11. The van der Waals surface area contributed by atoms with Crippen LogP contribution >= 0.6 is 0 Å². The fourth-order valence-corrected chi connectivity index (χ4v) is 7.62. The molecule has 0 atom stereocenters. The van der Waals surface area contributed by atoms with Crippen molar-refractivity contribution < 1.29 is 9.52 Å². The Balaban J connectivity index is 1.26. The normalized spacial score (nSPS) is 11.5. The number of fused-ring (bicyclic) bond motifs is 4. The number of aromatic nitrogens is 3. The first kappa shape index (κ1) is 31.5. The Bertz CT molecular complexity index is 3010. The fourth-order valence-electron chi connectivity index (χ4n) is 7.62. The molecule has 0 aliphatic heterocycles. The number of hydrogen-bond donors (Lipinski definition) is 1. The second-order valence-corrected chi connectivity index (χ2v) is 13.7. The summed E-state index contributed by atoms with van der Waals surface area (Å²) in [6.45, 7) is 2.06. The minimum absolute atomic E-state index is 0.187. The predicted molar refractivity (Wildman–Crippen MR) is 219 cm³/mol. The number of phenolic OH excluding ortho intramolecular Hbond substituents is 1. The van der Waals surface area contributed by atoms with Gasteiger partial charge in [0.25, 0.3) is 0 Å². The van der Waals surface area contributed by atoms with Crippen molar-refractivity contribution in [1.82, 2.24) is 14.4 Å². The monoisotopic (exact) mass is 695 g/mol. The number of rotatable bonds is 6. The lowest BCUT2D eigenvalue weighted by molar-refractivity contribution is 0.479.